The van der Waals surface area contributed by atoms with Gasteiger partial charge in [0.2, 0.25) is 0 Å². The smallest absolute Gasteiger partial charge is 0.166 e. The molecule has 0 atom stereocenters. The molecule has 0 aliphatic heterocycles. The highest BCUT2D eigenvalue weighted by Gasteiger charge is 1.99. The molecular weight excluding hydrogens is 175 g/mol. The van der Waals surface area contributed by atoms with Crippen LogP contribution in [-0.4, -0.2) is 22.8 Å². The summed E-state index contributed by atoms with van der Waals surface area (Å²) in [5.41, 5.74) is 7.43. The van der Waals surface area contributed by atoms with Crippen molar-refractivity contribution in [3.05, 3.63) is 36.0 Å². The number of aromatic nitrogens is 3. The van der Waals surface area contributed by atoms with Gasteiger partial charge in [-0.2, -0.15) is 0 Å². The average molecular weight is 184 g/mol. The minimum atomic E-state index is 0.406. The molecule has 4 nitrogen and oxygen atoms in total. The van der Waals surface area contributed by atoms with Gasteiger partial charge < -0.3 is 5.73 Å². The third-order valence-corrected chi connectivity index (χ3v) is 1.92. The molecule has 0 amide bonds. The van der Waals surface area contributed by atoms with E-state index in [1.165, 1.54) is 0 Å². The van der Waals surface area contributed by atoms with Crippen molar-refractivity contribution in [2.24, 2.45) is 0 Å². The van der Waals surface area contributed by atoms with E-state index in [1.54, 1.807) is 10.9 Å². The first-order chi connectivity index (χ1) is 6.79. The van der Waals surface area contributed by atoms with Crippen molar-refractivity contribution in [2.75, 3.05) is 5.73 Å². The van der Waals surface area contributed by atoms with Gasteiger partial charge in [-0.25, -0.2) is 4.68 Å². The molecule has 0 saturated heterocycles. The summed E-state index contributed by atoms with van der Waals surface area (Å²) >= 11 is 0. The molecule has 1 aromatic heterocycles. The second-order valence-corrected chi connectivity index (χ2v) is 2.96. The van der Waals surface area contributed by atoms with Crippen LogP contribution in [0.25, 0.3) is 5.69 Å². The fourth-order valence-corrected chi connectivity index (χ4v) is 1.23. The van der Waals surface area contributed by atoms with Crippen LogP contribution in [0.15, 0.2) is 30.5 Å². The van der Waals surface area contributed by atoms with Crippen LogP contribution in [0.3, 0.4) is 0 Å². The van der Waals surface area contributed by atoms with Gasteiger partial charge in [0.25, 0.3) is 0 Å². The summed E-state index contributed by atoms with van der Waals surface area (Å²) in [6.45, 7) is 0. The van der Waals surface area contributed by atoms with Crippen molar-refractivity contribution in [3.8, 4) is 5.69 Å². The third kappa shape index (κ3) is 1.61. The Morgan fingerprint density at radius 3 is 2.93 bits per heavy atom. The number of hydrogen-bond acceptors (Lipinski definition) is 3. The zero-order valence-electron chi connectivity index (χ0n) is 7.59. The summed E-state index contributed by atoms with van der Waals surface area (Å²) in [7, 11) is 5.53. The monoisotopic (exact) mass is 184 g/mol. The molecule has 68 valence electrons. The Bertz CT molecular complexity index is 438. The van der Waals surface area contributed by atoms with Crippen molar-refractivity contribution in [1.82, 2.24) is 15.0 Å². The first kappa shape index (κ1) is 8.81. The Morgan fingerprint density at radius 1 is 1.43 bits per heavy atom. The highest BCUT2D eigenvalue weighted by atomic mass is 15.4. The zero-order chi connectivity index (χ0) is 9.97. The van der Waals surface area contributed by atoms with Gasteiger partial charge in [-0.3, -0.25) is 0 Å². The van der Waals surface area contributed by atoms with E-state index in [2.05, 4.69) is 10.3 Å². The quantitative estimate of drug-likeness (QED) is 0.692. The molecule has 0 saturated carbocycles. The van der Waals surface area contributed by atoms with Crippen LogP contribution in [0.1, 0.15) is 5.56 Å². The first-order valence-corrected chi connectivity index (χ1v) is 4.27. The minimum Gasteiger partial charge on any atom is -0.381 e. The fourth-order valence-electron chi connectivity index (χ4n) is 1.23. The number of hydrogen-bond donors (Lipinski definition) is 1. The van der Waals surface area contributed by atoms with Gasteiger partial charge in [-0.15, -0.1) is 5.10 Å². The molecule has 2 N–H and O–H groups in total. The van der Waals surface area contributed by atoms with Crippen LogP contribution in [0.5, 0.6) is 0 Å². The molecule has 0 unspecified atom stereocenters. The van der Waals surface area contributed by atoms with Crippen molar-refractivity contribution in [2.45, 2.75) is 6.32 Å². The maximum atomic E-state index is 5.53. The molecule has 0 spiro atoms. The first-order valence-electron chi connectivity index (χ1n) is 4.27. The normalized spacial score (nSPS) is 10.3. The number of rotatable bonds is 2. The van der Waals surface area contributed by atoms with Gasteiger partial charge in [-0.05, 0) is 12.1 Å². The molecular formula is C9H9BN4. The predicted molar refractivity (Wildman–Crippen MR) is 55.2 cm³/mol. The van der Waals surface area contributed by atoms with E-state index < -0.39 is 0 Å². The van der Waals surface area contributed by atoms with Crippen LogP contribution in [-0.2, 0) is 6.32 Å². The van der Waals surface area contributed by atoms with E-state index in [0.717, 1.165) is 11.3 Å². The molecule has 0 fully saturated rings. The lowest BCUT2D eigenvalue weighted by molar-refractivity contribution is 0.803. The predicted octanol–water partition coefficient (Wildman–Crippen LogP) is 0.518. The van der Waals surface area contributed by atoms with Crippen molar-refractivity contribution < 1.29 is 0 Å². The van der Waals surface area contributed by atoms with E-state index in [4.69, 9.17) is 13.6 Å². The van der Waals surface area contributed by atoms with Gasteiger partial charge in [0.1, 0.15) is 0 Å². The average Bonchev–Trinajstić information content (AvgIpc) is 2.65. The molecule has 2 rings (SSSR count). The van der Waals surface area contributed by atoms with Crippen LogP contribution in [0, 0.1) is 0 Å². The van der Waals surface area contributed by atoms with Crippen molar-refractivity contribution >= 4 is 13.7 Å². The minimum absolute atomic E-state index is 0.406. The summed E-state index contributed by atoms with van der Waals surface area (Å²) in [6.07, 6.45) is 2.17. The number of benzene rings is 1. The summed E-state index contributed by atoms with van der Waals surface area (Å²) in [5.74, 6) is 0.406. The van der Waals surface area contributed by atoms with E-state index in [9.17, 15) is 0 Å². The van der Waals surface area contributed by atoms with E-state index in [-0.39, 0.29) is 0 Å². The number of nitrogens with two attached hydrogens (primary N) is 1. The molecule has 0 aliphatic carbocycles. The lowest BCUT2D eigenvalue weighted by atomic mass is 9.97. The SMILES string of the molecule is [B]Cc1cccc(-n2cc(N)nn2)c1. The van der Waals surface area contributed by atoms with Gasteiger partial charge in [0.15, 0.2) is 5.82 Å². The van der Waals surface area contributed by atoms with Crippen molar-refractivity contribution in [3.63, 3.8) is 0 Å². The van der Waals surface area contributed by atoms with E-state index >= 15 is 0 Å². The second kappa shape index (κ2) is 3.53. The van der Waals surface area contributed by atoms with Gasteiger partial charge in [0.05, 0.1) is 19.7 Å². The molecule has 2 aromatic rings. The van der Waals surface area contributed by atoms with Gasteiger partial charge in [-0.1, -0.05) is 29.2 Å². The highest BCUT2D eigenvalue weighted by molar-refractivity contribution is 6.08. The van der Waals surface area contributed by atoms with E-state index in [0.29, 0.717) is 12.1 Å². The number of anilines is 1. The summed E-state index contributed by atoms with van der Waals surface area (Å²) in [4.78, 5) is 0. The number of nitrogen functional groups attached to an aromatic ring is 1. The lowest BCUT2D eigenvalue weighted by Crippen LogP contribution is -1.96. The highest BCUT2D eigenvalue weighted by Crippen LogP contribution is 2.10. The fraction of sp³-hybridized carbons (Fsp3) is 0.111. The summed E-state index contributed by atoms with van der Waals surface area (Å²) in [5, 5.41) is 7.57. The van der Waals surface area contributed by atoms with Crippen LogP contribution in [0.2, 0.25) is 0 Å². The Morgan fingerprint density at radius 2 is 2.29 bits per heavy atom. The molecule has 0 bridgehead atoms. The van der Waals surface area contributed by atoms with Crippen LogP contribution in [0.4, 0.5) is 5.82 Å². The Labute approximate surface area is 83.1 Å². The Kier molecular flexibility index (Phi) is 2.22. The summed E-state index contributed by atoms with van der Waals surface area (Å²) < 4.78 is 1.62. The van der Waals surface area contributed by atoms with Crippen molar-refractivity contribution in [1.29, 1.82) is 0 Å². The van der Waals surface area contributed by atoms with Crippen LogP contribution < -0.4 is 5.73 Å². The standard InChI is InChI=1S/C9H9BN4/c10-5-7-2-1-3-8(4-7)14-6-9(11)12-13-14/h1-4,6H,5,11H2. The van der Waals surface area contributed by atoms with Crippen LogP contribution >= 0.6 is 0 Å². The Hall–Kier alpha value is -1.78. The summed E-state index contributed by atoms with van der Waals surface area (Å²) in [6, 6.07) is 7.76. The van der Waals surface area contributed by atoms with E-state index in [1.807, 2.05) is 24.3 Å². The maximum absolute atomic E-state index is 5.53. The molecule has 1 heterocycles. The molecule has 14 heavy (non-hydrogen) atoms. The van der Waals surface area contributed by atoms with Gasteiger partial charge >= 0.3 is 0 Å². The second-order valence-electron chi connectivity index (χ2n) is 2.96. The van der Waals surface area contributed by atoms with Gasteiger partial charge in [0, 0.05) is 0 Å². The number of nitrogens with zero attached hydrogens (tertiary/aromatic N) is 3. The topological polar surface area (TPSA) is 56.7 Å². The zero-order valence-corrected chi connectivity index (χ0v) is 7.59. The molecule has 0 aliphatic rings. The molecule has 5 heteroatoms. The molecule has 2 radical (unpaired) electrons. The lowest BCUT2D eigenvalue weighted by Gasteiger charge is -2.01. The molecule has 1 aromatic carbocycles. The Balaban J connectivity index is 2.41. The maximum Gasteiger partial charge on any atom is 0.166 e. The third-order valence-electron chi connectivity index (χ3n) is 1.92. The largest absolute Gasteiger partial charge is 0.381 e.